The molecule has 0 radical (unpaired) electrons. The Morgan fingerprint density at radius 1 is 1.32 bits per heavy atom. The highest BCUT2D eigenvalue weighted by atomic mass is 16.5. The van der Waals surface area contributed by atoms with Crippen molar-refractivity contribution in [1.82, 2.24) is 10.2 Å². The lowest BCUT2D eigenvalue weighted by molar-refractivity contribution is 0.0208. The van der Waals surface area contributed by atoms with E-state index in [1.807, 2.05) is 29.2 Å². The first-order chi connectivity index (χ1) is 12.1. The molecule has 3 rings (SSSR count). The van der Waals surface area contributed by atoms with Gasteiger partial charge in [-0.25, -0.2) is 4.79 Å². The van der Waals surface area contributed by atoms with E-state index in [1.54, 1.807) is 0 Å². The minimum Gasteiger partial charge on any atom is -0.493 e. The van der Waals surface area contributed by atoms with Crippen LogP contribution >= 0.6 is 0 Å². The third kappa shape index (κ3) is 4.88. The minimum absolute atomic E-state index is 0.0388. The van der Waals surface area contributed by atoms with Gasteiger partial charge >= 0.3 is 6.03 Å². The van der Waals surface area contributed by atoms with Gasteiger partial charge in [0.15, 0.2) is 0 Å². The molecule has 0 atom stereocenters. The van der Waals surface area contributed by atoms with E-state index in [2.05, 4.69) is 19.2 Å². The molecule has 5 nitrogen and oxygen atoms in total. The Hall–Kier alpha value is -1.75. The first-order valence-corrected chi connectivity index (χ1v) is 9.39. The fourth-order valence-corrected chi connectivity index (χ4v) is 3.62. The molecule has 0 aromatic heterocycles. The lowest BCUT2D eigenvalue weighted by atomic mass is 9.80. The smallest absolute Gasteiger partial charge is 0.317 e. The van der Waals surface area contributed by atoms with Gasteiger partial charge in [0.25, 0.3) is 0 Å². The molecule has 1 aromatic rings. The second kappa shape index (κ2) is 8.09. The maximum absolute atomic E-state index is 12.5. The standard InChI is InChI=1S/C20H30N2O3/c1-16(2)14-25-18-5-3-4-17(12-18)13-21-19(23)22-9-6-20(15-22)7-10-24-11-8-20/h3-5,12,16H,6-11,13-15H2,1-2H3,(H,21,23). The summed E-state index contributed by atoms with van der Waals surface area (Å²) < 4.78 is 11.2. The van der Waals surface area contributed by atoms with Crippen molar-refractivity contribution in [3.05, 3.63) is 29.8 Å². The number of hydrogen-bond donors (Lipinski definition) is 1. The first kappa shape index (κ1) is 18.1. The predicted molar refractivity (Wildman–Crippen MR) is 97.7 cm³/mol. The van der Waals surface area contributed by atoms with Crippen molar-refractivity contribution in [2.75, 3.05) is 32.9 Å². The van der Waals surface area contributed by atoms with E-state index in [1.165, 1.54) is 0 Å². The molecule has 2 heterocycles. The summed E-state index contributed by atoms with van der Waals surface area (Å²) in [6, 6.07) is 8.00. The molecule has 5 heteroatoms. The largest absolute Gasteiger partial charge is 0.493 e. The molecule has 138 valence electrons. The van der Waals surface area contributed by atoms with Crippen LogP contribution in [-0.2, 0) is 11.3 Å². The molecule has 1 spiro atoms. The summed E-state index contributed by atoms with van der Waals surface area (Å²) in [6.45, 7) is 8.87. The molecule has 1 aromatic carbocycles. The quantitative estimate of drug-likeness (QED) is 0.889. The van der Waals surface area contributed by atoms with E-state index in [9.17, 15) is 4.79 Å². The Kier molecular flexibility index (Phi) is 5.84. The predicted octanol–water partition coefficient (Wildman–Crippen LogP) is 3.43. The molecular formula is C20H30N2O3. The van der Waals surface area contributed by atoms with Crippen LogP contribution in [0.3, 0.4) is 0 Å². The number of benzene rings is 1. The van der Waals surface area contributed by atoms with Gasteiger partial charge in [0.2, 0.25) is 0 Å². The van der Waals surface area contributed by atoms with Crippen molar-refractivity contribution in [3.8, 4) is 5.75 Å². The molecule has 0 bridgehead atoms. The third-order valence-corrected chi connectivity index (χ3v) is 5.20. The Labute approximate surface area is 150 Å². The zero-order valence-corrected chi connectivity index (χ0v) is 15.4. The molecule has 2 amide bonds. The Morgan fingerprint density at radius 3 is 2.88 bits per heavy atom. The van der Waals surface area contributed by atoms with E-state index >= 15 is 0 Å². The number of nitrogens with zero attached hydrogens (tertiary/aromatic N) is 1. The summed E-state index contributed by atoms with van der Waals surface area (Å²) in [5.74, 6) is 1.36. The van der Waals surface area contributed by atoms with Crippen molar-refractivity contribution in [2.24, 2.45) is 11.3 Å². The second-order valence-corrected chi connectivity index (χ2v) is 7.79. The monoisotopic (exact) mass is 346 g/mol. The Bertz CT molecular complexity index is 582. The molecule has 0 aliphatic carbocycles. The molecule has 1 N–H and O–H groups in total. The highest BCUT2D eigenvalue weighted by Crippen LogP contribution is 2.39. The van der Waals surface area contributed by atoms with Crippen molar-refractivity contribution < 1.29 is 14.3 Å². The zero-order valence-electron chi connectivity index (χ0n) is 15.4. The summed E-state index contributed by atoms with van der Waals surface area (Å²) >= 11 is 0. The number of amides is 2. The van der Waals surface area contributed by atoms with E-state index < -0.39 is 0 Å². The normalized spacial score (nSPS) is 19.4. The third-order valence-electron chi connectivity index (χ3n) is 5.20. The molecule has 2 aliphatic rings. The SMILES string of the molecule is CC(C)COc1cccc(CNC(=O)N2CCC3(CCOCC3)C2)c1. The van der Waals surface area contributed by atoms with Crippen LogP contribution in [0.25, 0.3) is 0 Å². The van der Waals surface area contributed by atoms with Gasteiger partial charge in [-0.2, -0.15) is 0 Å². The van der Waals surface area contributed by atoms with Gasteiger partial charge in [0.05, 0.1) is 6.61 Å². The van der Waals surface area contributed by atoms with E-state index in [0.29, 0.717) is 24.5 Å². The maximum atomic E-state index is 12.5. The summed E-state index contributed by atoms with van der Waals surface area (Å²) in [7, 11) is 0. The first-order valence-electron chi connectivity index (χ1n) is 9.39. The number of hydrogen-bond acceptors (Lipinski definition) is 3. The van der Waals surface area contributed by atoms with Gasteiger partial charge in [-0.1, -0.05) is 26.0 Å². The number of urea groups is 1. The maximum Gasteiger partial charge on any atom is 0.317 e. The highest BCUT2D eigenvalue weighted by Gasteiger charge is 2.40. The van der Waals surface area contributed by atoms with Crippen LogP contribution in [0.4, 0.5) is 4.79 Å². The highest BCUT2D eigenvalue weighted by molar-refractivity contribution is 5.74. The van der Waals surface area contributed by atoms with Crippen LogP contribution in [0.1, 0.15) is 38.7 Å². The van der Waals surface area contributed by atoms with Crippen molar-refractivity contribution in [2.45, 2.75) is 39.7 Å². The number of carbonyl (C=O) groups excluding carboxylic acids is 1. The van der Waals surface area contributed by atoms with Crippen LogP contribution in [0, 0.1) is 11.3 Å². The zero-order chi connectivity index (χ0) is 17.7. The van der Waals surface area contributed by atoms with Crippen molar-refractivity contribution in [1.29, 1.82) is 0 Å². The molecule has 0 unspecified atom stereocenters. The molecule has 2 fully saturated rings. The summed E-state index contributed by atoms with van der Waals surface area (Å²) in [5, 5.41) is 3.06. The fourth-order valence-electron chi connectivity index (χ4n) is 3.62. The van der Waals surface area contributed by atoms with Gasteiger partial charge in [0.1, 0.15) is 5.75 Å². The molecule has 0 saturated carbocycles. The molecule has 25 heavy (non-hydrogen) atoms. The lowest BCUT2D eigenvalue weighted by Gasteiger charge is -2.33. The van der Waals surface area contributed by atoms with Gasteiger partial charge < -0.3 is 19.7 Å². The van der Waals surface area contributed by atoms with Crippen LogP contribution in [0.5, 0.6) is 5.75 Å². The van der Waals surface area contributed by atoms with E-state index in [0.717, 1.165) is 56.9 Å². The van der Waals surface area contributed by atoms with Crippen molar-refractivity contribution in [3.63, 3.8) is 0 Å². The number of likely N-dealkylation sites (tertiary alicyclic amines) is 1. The number of nitrogens with one attached hydrogen (secondary N) is 1. The average Bonchev–Trinajstić information content (AvgIpc) is 3.02. The summed E-state index contributed by atoms with van der Waals surface area (Å²) in [5.41, 5.74) is 1.36. The van der Waals surface area contributed by atoms with Crippen LogP contribution in [0.15, 0.2) is 24.3 Å². The summed E-state index contributed by atoms with van der Waals surface area (Å²) in [4.78, 5) is 14.5. The number of rotatable bonds is 5. The van der Waals surface area contributed by atoms with E-state index in [-0.39, 0.29) is 6.03 Å². The van der Waals surface area contributed by atoms with Crippen molar-refractivity contribution >= 4 is 6.03 Å². The Morgan fingerprint density at radius 2 is 2.12 bits per heavy atom. The van der Waals surface area contributed by atoms with Crippen LogP contribution in [0.2, 0.25) is 0 Å². The van der Waals surface area contributed by atoms with Gasteiger partial charge in [0, 0.05) is 32.8 Å². The van der Waals surface area contributed by atoms with Crippen LogP contribution < -0.4 is 10.1 Å². The molecular weight excluding hydrogens is 316 g/mol. The average molecular weight is 346 g/mol. The Balaban J connectivity index is 1.48. The summed E-state index contributed by atoms with van der Waals surface area (Å²) in [6.07, 6.45) is 3.25. The lowest BCUT2D eigenvalue weighted by Crippen LogP contribution is -2.40. The molecule has 2 aliphatic heterocycles. The van der Waals surface area contributed by atoms with Gasteiger partial charge in [-0.15, -0.1) is 0 Å². The topological polar surface area (TPSA) is 50.8 Å². The minimum atomic E-state index is 0.0388. The second-order valence-electron chi connectivity index (χ2n) is 7.79. The van der Waals surface area contributed by atoms with Crippen LogP contribution in [-0.4, -0.2) is 43.8 Å². The fraction of sp³-hybridized carbons (Fsp3) is 0.650. The van der Waals surface area contributed by atoms with Gasteiger partial charge in [-0.3, -0.25) is 0 Å². The van der Waals surface area contributed by atoms with Gasteiger partial charge in [-0.05, 0) is 48.3 Å². The molecule has 2 saturated heterocycles. The number of ether oxygens (including phenoxy) is 2. The van der Waals surface area contributed by atoms with E-state index in [4.69, 9.17) is 9.47 Å². The number of carbonyl (C=O) groups is 1.